The number of aromatic hydroxyl groups is 1. The first-order chi connectivity index (χ1) is 13.0. The highest BCUT2D eigenvalue weighted by atomic mass is 19.1. The van der Waals surface area contributed by atoms with E-state index < -0.39 is 11.6 Å². The van der Waals surface area contributed by atoms with Crippen molar-refractivity contribution in [2.24, 2.45) is 11.8 Å². The van der Waals surface area contributed by atoms with Crippen molar-refractivity contribution in [3.63, 3.8) is 0 Å². The summed E-state index contributed by atoms with van der Waals surface area (Å²) in [6.07, 6.45) is 1.13. The molecule has 1 aliphatic rings. The van der Waals surface area contributed by atoms with Gasteiger partial charge in [0.2, 0.25) is 0 Å². The SMILES string of the molecule is O=C(CN1C[C@@H](CCc2ccc(F)cc2F)[C@@H](CO)C1)c1ccc(O)cc1. The molecule has 6 heteroatoms. The number of rotatable bonds is 7. The molecule has 0 aromatic heterocycles. The maximum Gasteiger partial charge on any atom is 0.176 e. The molecule has 144 valence electrons. The van der Waals surface area contributed by atoms with E-state index in [9.17, 15) is 23.8 Å². The first kappa shape index (κ1) is 19.5. The number of phenols is 1. The smallest absolute Gasteiger partial charge is 0.176 e. The topological polar surface area (TPSA) is 60.8 Å². The van der Waals surface area contributed by atoms with Gasteiger partial charge in [0, 0.05) is 31.3 Å². The van der Waals surface area contributed by atoms with Gasteiger partial charge in [-0.3, -0.25) is 9.69 Å². The number of carbonyl (C=O) groups is 1. The number of likely N-dealkylation sites (tertiary alicyclic amines) is 1. The standard InChI is InChI=1S/C21H23F2NO3/c22-18-6-3-14(20(23)9-18)1-2-16-10-24(11-17(16)13-25)12-21(27)15-4-7-19(26)8-5-15/h3-9,16-17,25-26H,1-2,10-13H2/t16-,17-/m1/s1. The minimum Gasteiger partial charge on any atom is -0.508 e. The van der Waals surface area contributed by atoms with Crippen LogP contribution in [0.5, 0.6) is 5.75 Å². The van der Waals surface area contributed by atoms with Crippen LogP contribution >= 0.6 is 0 Å². The first-order valence-corrected chi connectivity index (χ1v) is 9.05. The van der Waals surface area contributed by atoms with Gasteiger partial charge < -0.3 is 10.2 Å². The molecular formula is C21H23F2NO3. The van der Waals surface area contributed by atoms with E-state index >= 15 is 0 Å². The molecule has 0 radical (unpaired) electrons. The minimum absolute atomic E-state index is 0.0144. The van der Waals surface area contributed by atoms with Gasteiger partial charge in [0.15, 0.2) is 5.78 Å². The largest absolute Gasteiger partial charge is 0.508 e. The van der Waals surface area contributed by atoms with Crippen LogP contribution in [-0.4, -0.2) is 47.1 Å². The monoisotopic (exact) mass is 375 g/mol. The van der Waals surface area contributed by atoms with Crippen molar-refractivity contribution in [1.82, 2.24) is 4.90 Å². The highest BCUT2D eigenvalue weighted by molar-refractivity contribution is 5.97. The maximum absolute atomic E-state index is 13.8. The van der Waals surface area contributed by atoms with E-state index in [-0.39, 0.29) is 36.5 Å². The number of benzene rings is 2. The minimum atomic E-state index is -0.593. The Morgan fingerprint density at radius 1 is 1.07 bits per heavy atom. The van der Waals surface area contributed by atoms with Crippen LogP contribution in [0.2, 0.25) is 0 Å². The summed E-state index contributed by atoms with van der Waals surface area (Å²) in [5.74, 6) is -0.900. The molecule has 2 atom stereocenters. The van der Waals surface area contributed by atoms with Crippen molar-refractivity contribution in [1.29, 1.82) is 0 Å². The maximum atomic E-state index is 13.8. The lowest BCUT2D eigenvalue weighted by atomic mass is 9.90. The van der Waals surface area contributed by atoms with Gasteiger partial charge in [-0.2, -0.15) is 0 Å². The molecule has 1 aliphatic heterocycles. The summed E-state index contributed by atoms with van der Waals surface area (Å²) in [6.45, 7) is 1.51. The lowest BCUT2D eigenvalue weighted by molar-refractivity contribution is 0.0940. The van der Waals surface area contributed by atoms with Crippen molar-refractivity contribution in [2.75, 3.05) is 26.2 Å². The number of nitrogens with zero attached hydrogens (tertiary/aromatic N) is 1. The van der Waals surface area contributed by atoms with E-state index in [0.717, 1.165) is 6.07 Å². The molecule has 1 fully saturated rings. The Hall–Kier alpha value is -2.31. The second-order valence-corrected chi connectivity index (χ2v) is 7.14. The number of hydrogen-bond acceptors (Lipinski definition) is 4. The second kappa shape index (κ2) is 8.59. The third-order valence-corrected chi connectivity index (χ3v) is 5.24. The number of aliphatic hydroxyl groups is 1. The third kappa shape index (κ3) is 4.90. The van der Waals surface area contributed by atoms with Gasteiger partial charge in [0.25, 0.3) is 0 Å². The quantitative estimate of drug-likeness (QED) is 0.731. The number of phenolic OH excluding ortho intramolecular Hbond substituents is 1. The van der Waals surface area contributed by atoms with Gasteiger partial charge >= 0.3 is 0 Å². The molecule has 0 bridgehead atoms. The summed E-state index contributed by atoms with van der Waals surface area (Å²) < 4.78 is 26.8. The summed E-state index contributed by atoms with van der Waals surface area (Å²) in [7, 11) is 0. The number of aliphatic hydroxyl groups excluding tert-OH is 1. The molecule has 27 heavy (non-hydrogen) atoms. The van der Waals surface area contributed by atoms with Crippen LogP contribution in [0.15, 0.2) is 42.5 Å². The zero-order valence-corrected chi connectivity index (χ0v) is 14.9. The van der Waals surface area contributed by atoms with E-state index in [4.69, 9.17) is 0 Å². The Bertz CT molecular complexity index is 795. The van der Waals surface area contributed by atoms with Crippen molar-refractivity contribution >= 4 is 5.78 Å². The Morgan fingerprint density at radius 2 is 1.78 bits per heavy atom. The Kier molecular flexibility index (Phi) is 6.19. The molecule has 2 N–H and O–H groups in total. The molecular weight excluding hydrogens is 352 g/mol. The fourth-order valence-electron chi connectivity index (χ4n) is 3.71. The van der Waals surface area contributed by atoms with Crippen LogP contribution in [0.25, 0.3) is 0 Å². The molecule has 4 nitrogen and oxygen atoms in total. The van der Waals surface area contributed by atoms with E-state index in [1.807, 2.05) is 4.90 Å². The molecule has 0 amide bonds. The fraction of sp³-hybridized carbons (Fsp3) is 0.381. The number of carbonyl (C=O) groups excluding carboxylic acids is 1. The average Bonchev–Trinajstić information content (AvgIpc) is 3.03. The average molecular weight is 375 g/mol. The van der Waals surface area contributed by atoms with Gasteiger partial charge in [0.1, 0.15) is 17.4 Å². The summed E-state index contributed by atoms with van der Waals surface area (Å²) in [5.41, 5.74) is 0.997. The number of ketones is 1. The fourth-order valence-corrected chi connectivity index (χ4v) is 3.71. The molecule has 1 saturated heterocycles. The van der Waals surface area contributed by atoms with Crippen LogP contribution in [-0.2, 0) is 6.42 Å². The van der Waals surface area contributed by atoms with Crippen LogP contribution in [0.3, 0.4) is 0 Å². The molecule has 0 aliphatic carbocycles. The predicted molar refractivity (Wildman–Crippen MR) is 97.6 cm³/mol. The van der Waals surface area contributed by atoms with Gasteiger partial charge in [-0.15, -0.1) is 0 Å². The molecule has 0 spiro atoms. The lowest BCUT2D eigenvalue weighted by Crippen LogP contribution is -2.28. The van der Waals surface area contributed by atoms with Gasteiger partial charge in [-0.05, 0) is 60.6 Å². The molecule has 3 rings (SSSR count). The Balaban J connectivity index is 1.57. The summed E-state index contributed by atoms with van der Waals surface area (Å²) in [5, 5.41) is 19.0. The second-order valence-electron chi connectivity index (χ2n) is 7.14. The van der Waals surface area contributed by atoms with E-state index in [2.05, 4.69) is 0 Å². The number of hydrogen-bond donors (Lipinski definition) is 2. The molecule has 2 aromatic rings. The summed E-state index contributed by atoms with van der Waals surface area (Å²) in [4.78, 5) is 14.4. The molecule has 0 unspecified atom stereocenters. The Morgan fingerprint density at radius 3 is 2.44 bits per heavy atom. The normalized spacial score (nSPS) is 20.1. The molecule has 0 saturated carbocycles. The van der Waals surface area contributed by atoms with Crippen LogP contribution in [0.1, 0.15) is 22.3 Å². The van der Waals surface area contributed by atoms with Crippen LogP contribution in [0.4, 0.5) is 8.78 Å². The number of aryl methyl sites for hydroxylation is 1. The molecule has 2 aromatic carbocycles. The van der Waals surface area contributed by atoms with Gasteiger partial charge in [0.05, 0.1) is 6.54 Å². The number of halogens is 2. The summed E-state index contributed by atoms with van der Waals surface area (Å²) in [6, 6.07) is 9.73. The number of Topliss-reactive ketones (excluding diaryl/α,β-unsaturated/α-hetero) is 1. The molecule has 1 heterocycles. The lowest BCUT2D eigenvalue weighted by Gasteiger charge is -2.16. The van der Waals surface area contributed by atoms with E-state index in [1.165, 1.54) is 24.3 Å². The van der Waals surface area contributed by atoms with Gasteiger partial charge in [-0.25, -0.2) is 8.78 Å². The van der Waals surface area contributed by atoms with E-state index in [1.54, 1.807) is 12.1 Å². The zero-order valence-electron chi connectivity index (χ0n) is 14.9. The third-order valence-electron chi connectivity index (χ3n) is 5.24. The predicted octanol–water partition coefficient (Wildman–Crippen LogP) is 3.03. The highest BCUT2D eigenvalue weighted by Crippen LogP contribution is 2.28. The van der Waals surface area contributed by atoms with Crippen LogP contribution in [0, 0.1) is 23.5 Å². The van der Waals surface area contributed by atoms with Crippen molar-refractivity contribution in [2.45, 2.75) is 12.8 Å². The summed E-state index contributed by atoms with van der Waals surface area (Å²) >= 11 is 0. The zero-order chi connectivity index (χ0) is 19.4. The Labute approximate surface area is 157 Å². The van der Waals surface area contributed by atoms with E-state index in [0.29, 0.717) is 37.1 Å². The van der Waals surface area contributed by atoms with Crippen LogP contribution < -0.4 is 0 Å². The van der Waals surface area contributed by atoms with Crippen molar-refractivity contribution in [3.8, 4) is 5.75 Å². The first-order valence-electron chi connectivity index (χ1n) is 9.05. The van der Waals surface area contributed by atoms with Crippen molar-refractivity contribution in [3.05, 3.63) is 65.2 Å². The van der Waals surface area contributed by atoms with Crippen molar-refractivity contribution < 1.29 is 23.8 Å². The highest BCUT2D eigenvalue weighted by Gasteiger charge is 2.33. The van der Waals surface area contributed by atoms with Gasteiger partial charge in [-0.1, -0.05) is 6.07 Å².